The van der Waals surface area contributed by atoms with Crippen LogP contribution in [0, 0.1) is 19.8 Å². The predicted molar refractivity (Wildman–Crippen MR) is 119 cm³/mol. The highest BCUT2D eigenvalue weighted by Gasteiger charge is 2.39. The summed E-state index contributed by atoms with van der Waals surface area (Å²) in [7, 11) is 0. The summed E-state index contributed by atoms with van der Waals surface area (Å²) in [5, 5.41) is 19.7. The molecule has 2 aromatic carbocycles. The molecule has 7 nitrogen and oxygen atoms in total. The van der Waals surface area contributed by atoms with E-state index in [4.69, 9.17) is 4.98 Å². The number of fused-ring (bicyclic) bond motifs is 1. The van der Waals surface area contributed by atoms with Gasteiger partial charge < -0.3 is 15.1 Å². The lowest BCUT2D eigenvalue weighted by atomic mass is 9.90. The molecule has 0 aliphatic carbocycles. The number of carbonyl (C=O) groups is 3. The number of pyridine rings is 1. The number of amides is 1. The van der Waals surface area contributed by atoms with Crippen molar-refractivity contribution in [3.05, 3.63) is 65.2 Å². The fourth-order valence-electron chi connectivity index (χ4n) is 4.24. The molecule has 0 spiro atoms. The van der Waals surface area contributed by atoms with E-state index in [1.807, 2.05) is 56.3 Å². The number of carbonyl (C=O) groups excluding carboxylic acids is 1. The number of piperidine rings is 1. The number of nitrogens with zero attached hydrogens (tertiary/aromatic N) is 2. The molecule has 1 fully saturated rings. The van der Waals surface area contributed by atoms with Crippen molar-refractivity contribution >= 4 is 28.7 Å². The van der Waals surface area contributed by atoms with E-state index in [-0.39, 0.29) is 19.4 Å². The fourth-order valence-corrected chi connectivity index (χ4v) is 4.24. The summed E-state index contributed by atoms with van der Waals surface area (Å²) in [6, 6.07) is 13.8. The quantitative estimate of drug-likeness (QED) is 0.647. The molecule has 1 aliphatic rings. The van der Waals surface area contributed by atoms with Crippen LogP contribution in [-0.4, -0.2) is 50.5 Å². The van der Waals surface area contributed by atoms with Gasteiger partial charge in [0.05, 0.1) is 22.7 Å². The van der Waals surface area contributed by atoms with Crippen LogP contribution in [0.3, 0.4) is 0 Å². The number of benzene rings is 2. The van der Waals surface area contributed by atoms with E-state index < -0.39 is 29.8 Å². The van der Waals surface area contributed by atoms with Crippen molar-refractivity contribution in [1.29, 1.82) is 0 Å². The number of aryl methyl sites for hydroxylation is 2. The highest BCUT2D eigenvalue weighted by atomic mass is 16.4. The van der Waals surface area contributed by atoms with E-state index in [1.165, 1.54) is 4.90 Å². The first-order chi connectivity index (χ1) is 15.3. The number of likely N-dealkylation sites (tertiary alicyclic amines) is 1. The maximum absolute atomic E-state index is 13.7. The van der Waals surface area contributed by atoms with Crippen molar-refractivity contribution in [2.75, 3.05) is 6.54 Å². The number of hydrogen-bond acceptors (Lipinski definition) is 4. The summed E-state index contributed by atoms with van der Waals surface area (Å²) in [5.41, 5.74) is 4.54. The van der Waals surface area contributed by atoms with Crippen LogP contribution in [0.2, 0.25) is 0 Å². The van der Waals surface area contributed by atoms with Gasteiger partial charge in [0.2, 0.25) is 0 Å². The van der Waals surface area contributed by atoms with Crippen LogP contribution in [0.1, 0.15) is 34.3 Å². The van der Waals surface area contributed by atoms with Crippen molar-refractivity contribution in [2.45, 2.75) is 32.7 Å². The first-order valence-corrected chi connectivity index (χ1v) is 10.5. The third-order valence-electron chi connectivity index (χ3n) is 6.22. The van der Waals surface area contributed by atoms with Gasteiger partial charge in [-0.3, -0.25) is 9.59 Å². The Morgan fingerprint density at radius 3 is 2.31 bits per heavy atom. The second kappa shape index (κ2) is 8.42. The molecule has 1 amide bonds. The molecule has 1 aliphatic heterocycles. The maximum Gasteiger partial charge on any atom is 0.326 e. The standard InChI is InChI=1S/C25H24N2O5/c1-14-10-18-19(23(28)27-9-8-17(24(29)30)12-22(27)25(31)32)13-20(16-6-4-3-5-7-16)26-21(18)11-15(14)2/h3-7,10-11,13,17,22H,8-9,12H2,1-2H3,(H,29,30)(H,31,32). The molecule has 0 radical (unpaired) electrons. The molecular weight excluding hydrogens is 408 g/mol. The Kier molecular flexibility index (Phi) is 5.65. The monoisotopic (exact) mass is 432 g/mol. The molecule has 2 heterocycles. The first-order valence-electron chi connectivity index (χ1n) is 10.5. The molecular formula is C25H24N2O5. The van der Waals surface area contributed by atoms with Gasteiger partial charge in [0.25, 0.3) is 5.91 Å². The van der Waals surface area contributed by atoms with Gasteiger partial charge in [-0.05, 0) is 56.0 Å². The Hall–Kier alpha value is -3.74. The maximum atomic E-state index is 13.7. The molecule has 32 heavy (non-hydrogen) atoms. The van der Waals surface area contributed by atoms with Gasteiger partial charge >= 0.3 is 11.9 Å². The lowest BCUT2D eigenvalue weighted by Crippen LogP contribution is -2.51. The number of carboxylic acids is 2. The molecule has 2 N–H and O–H groups in total. The molecule has 3 aromatic rings. The number of rotatable bonds is 4. The topological polar surface area (TPSA) is 108 Å². The van der Waals surface area contributed by atoms with Gasteiger partial charge in [0.15, 0.2) is 0 Å². The van der Waals surface area contributed by atoms with Crippen LogP contribution in [0.5, 0.6) is 0 Å². The van der Waals surface area contributed by atoms with Gasteiger partial charge in [-0.2, -0.15) is 0 Å². The zero-order valence-corrected chi connectivity index (χ0v) is 17.9. The van der Waals surface area contributed by atoms with E-state index >= 15 is 0 Å². The number of aromatic nitrogens is 1. The Labute approximate surface area is 185 Å². The Morgan fingerprint density at radius 2 is 1.66 bits per heavy atom. The normalized spacial score (nSPS) is 18.5. The molecule has 7 heteroatoms. The molecule has 1 saturated heterocycles. The molecule has 2 atom stereocenters. The summed E-state index contributed by atoms with van der Waals surface area (Å²) in [4.78, 5) is 43.1. The summed E-state index contributed by atoms with van der Waals surface area (Å²) in [6.45, 7) is 4.00. The SMILES string of the molecule is Cc1cc2nc(-c3ccccc3)cc(C(=O)N3CCC(C(=O)O)CC3C(=O)O)c2cc1C. The van der Waals surface area contributed by atoms with E-state index in [1.54, 1.807) is 6.07 Å². The second-order valence-electron chi connectivity index (χ2n) is 8.29. The molecule has 2 unspecified atom stereocenters. The van der Waals surface area contributed by atoms with E-state index in [0.717, 1.165) is 16.7 Å². The van der Waals surface area contributed by atoms with Crippen molar-refractivity contribution < 1.29 is 24.6 Å². The average Bonchev–Trinajstić information content (AvgIpc) is 2.79. The van der Waals surface area contributed by atoms with Crippen LogP contribution in [-0.2, 0) is 9.59 Å². The summed E-state index contributed by atoms with van der Waals surface area (Å²) < 4.78 is 0. The summed E-state index contributed by atoms with van der Waals surface area (Å²) >= 11 is 0. The predicted octanol–water partition coefficient (Wildman–Crippen LogP) is 3.91. The third kappa shape index (κ3) is 3.93. The Balaban J connectivity index is 1.85. The van der Waals surface area contributed by atoms with Gasteiger partial charge in [0, 0.05) is 17.5 Å². The highest BCUT2D eigenvalue weighted by Crippen LogP contribution is 2.31. The van der Waals surface area contributed by atoms with Gasteiger partial charge in [-0.25, -0.2) is 9.78 Å². The summed E-state index contributed by atoms with van der Waals surface area (Å²) in [6.07, 6.45) is 0.112. The number of hydrogen-bond donors (Lipinski definition) is 2. The van der Waals surface area contributed by atoms with E-state index in [9.17, 15) is 24.6 Å². The average molecular weight is 432 g/mol. The minimum absolute atomic E-state index is 0.0715. The van der Waals surface area contributed by atoms with Crippen molar-refractivity contribution in [2.24, 2.45) is 5.92 Å². The number of carboxylic acid groups (broad SMARTS) is 2. The van der Waals surface area contributed by atoms with E-state index in [0.29, 0.717) is 22.2 Å². The van der Waals surface area contributed by atoms with Crippen molar-refractivity contribution in [3.8, 4) is 11.3 Å². The van der Waals surface area contributed by atoms with Crippen LogP contribution < -0.4 is 0 Å². The molecule has 164 valence electrons. The Bertz CT molecular complexity index is 1220. The smallest absolute Gasteiger partial charge is 0.326 e. The molecule has 1 aromatic heterocycles. The van der Waals surface area contributed by atoms with Gasteiger partial charge in [0.1, 0.15) is 6.04 Å². The lowest BCUT2D eigenvalue weighted by molar-refractivity contribution is -0.149. The van der Waals surface area contributed by atoms with Crippen molar-refractivity contribution in [1.82, 2.24) is 9.88 Å². The molecule has 0 saturated carbocycles. The van der Waals surface area contributed by atoms with E-state index in [2.05, 4.69) is 0 Å². The molecule has 0 bridgehead atoms. The van der Waals surface area contributed by atoms with Crippen LogP contribution in [0.15, 0.2) is 48.5 Å². The lowest BCUT2D eigenvalue weighted by Gasteiger charge is -2.36. The molecule has 4 rings (SSSR count). The summed E-state index contributed by atoms with van der Waals surface area (Å²) in [5.74, 6) is -3.43. The Morgan fingerprint density at radius 1 is 0.969 bits per heavy atom. The first kappa shape index (κ1) is 21.5. The largest absolute Gasteiger partial charge is 0.481 e. The number of aliphatic carboxylic acids is 2. The van der Waals surface area contributed by atoms with Gasteiger partial charge in [-0.1, -0.05) is 30.3 Å². The second-order valence-corrected chi connectivity index (χ2v) is 8.29. The van der Waals surface area contributed by atoms with Crippen LogP contribution >= 0.6 is 0 Å². The third-order valence-corrected chi connectivity index (χ3v) is 6.22. The fraction of sp³-hybridized carbons (Fsp3) is 0.280. The highest BCUT2D eigenvalue weighted by molar-refractivity contribution is 6.08. The minimum Gasteiger partial charge on any atom is -0.481 e. The van der Waals surface area contributed by atoms with Crippen molar-refractivity contribution in [3.63, 3.8) is 0 Å². The van der Waals surface area contributed by atoms with Gasteiger partial charge in [-0.15, -0.1) is 0 Å². The van der Waals surface area contributed by atoms with Crippen LogP contribution in [0.4, 0.5) is 0 Å². The minimum atomic E-state index is -1.20. The zero-order chi connectivity index (χ0) is 23.0. The zero-order valence-electron chi connectivity index (χ0n) is 17.9. The van der Waals surface area contributed by atoms with Crippen LogP contribution in [0.25, 0.3) is 22.2 Å².